The Kier molecular flexibility index (Phi) is 9.46. The Bertz CT molecular complexity index is 1880. The van der Waals surface area contributed by atoms with Crippen molar-refractivity contribution < 1.29 is 44.3 Å². The first-order valence-corrected chi connectivity index (χ1v) is 14.3. The van der Waals surface area contributed by atoms with Crippen LogP contribution in [0.1, 0.15) is 37.3 Å². The number of hydrogen-bond acceptors (Lipinski definition) is 1. The van der Waals surface area contributed by atoms with Crippen molar-refractivity contribution in [2.45, 2.75) is 38.7 Å². The van der Waals surface area contributed by atoms with Gasteiger partial charge in [-0.15, -0.1) is 0 Å². The van der Waals surface area contributed by atoms with E-state index in [1.165, 1.54) is 18.2 Å². The highest BCUT2D eigenvalue weighted by Crippen LogP contribution is 2.37. The average molecular weight is 645 g/mol. The smallest absolute Gasteiger partial charge is 0.429 e. The van der Waals surface area contributed by atoms with Crippen LogP contribution in [0.2, 0.25) is 0 Å². The lowest BCUT2D eigenvalue weighted by Crippen LogP contribution is -2.23. The molecule has 0 fully saturated rings. The van der Waals surface area contributed by atoms with Gasteiger partial charge in [-0.2, -0.15) is 8.78 Å². The maximum Gasteiger partial charge on any atom is 0.429 e. The van der Waals surface area contributed by atoms with Gasteiger partial charge in [0.15, 0.2) is 17.5 Å². The molecule has 0 aliphatic carbocycles. The number of aryl methyl sites for hydroxylation is 1. The zero-order valence-electron chi connectivity index (χ0n) is 24.2. The summed E-state index contributed by atoms with van der Waals surface area (Å²) in [6.45, 7) is 2.05. The summed E-state index contributed by atoms with van der Waals surface area (Å²) < 4.78 is 135. The summed E-state index contributed by atoms with van der Waals surface area (Å²) in [5, 5.41) is 0. The van der Waals surface area contributed by atoms with Crippen molar-refractivity contribution in [2.75, 3.05) is 0 Å². The number of halogens is 9. The Morgan fingerprint density at radius 2 is 1.04 bits per heavy atom. The maximum absolute atomic E-state index is 15.0. The molecule has 0 aliphatic rings. The van der Waals surface area contributed by atoms with E-state index in [4.69, 9.17) is 0 Å². The predicted octanol–water partition coefficient (Wildman–Crippen LogP) is 11.5. The Balaban J connectivity index is 1.33. The van der Waals surface area contributed by atoms with Crippen LogP contribution < -0.4 is 4.74 Å². The molecule has 0 aromatic heterocycles. The molecule has 0 atom stereocenters. The molecule has 0 amide bonds. The molecule has 0 saturated heterocycles. The number of hydrogen-bond donors (Lipinski definition) is 0. The van der Waals surface area contributed by atoms with E-state index in [-0.39, 0.29) is 33.4 Å². The van der Waals surface area contributed by atoms with Crippen LogP contribution in [0.3, 0.4) is 0 Å². The maximum atomic E-state index is 15.0. The van der Waals surface area contributed by atoms with Crippen LogP contribution in [0.4, 0.5) is 39.5 Å². The standard InChI is InChI=1S/C36H25F9O/c1-2-3-4-5-20-6-10-25(29(37)14-20)22-8-13-28(32(40)16-22)36(44,45)46-24-9-12-26(31(39)19-24)21-7-11-27(30(38)15-21)23-17-33(41)35(43)34(42)18-23/h6-19H,2-5H2,1H3. The van der Waals surface area contributed by atoms with Crippen molar-refractivity contribution >= 4 is 0 Å². The molecule has 0 bridgehead atoms. The number of unbranched alkanes of at least 4 members (excludes halogenated alkanes) is 2. The van der Waals surface area contributed by atoms with Gasteiger partial charge in [0.2, 0.25) is 0 Å². The zero-order chi connectivity index (χ0) is 33.2. The Morgan fingerprint density at radius 3 is 1.63 bits per heavy atom. The van der Waals surface area contributed by atoms with E-state index >= 15 is 8.78 Å². The van der Waals surface area contributed by atoms with E-state index in [0.717, 1.165) is 67.3 Å². The van der Waals surface area contributed by atoms with Gasteiger partial charge in [0.25, 0.3) is 0 Å². The molecule has 238 valence electrons. The molecule has 0 unspecified atom stereocenters. The third-order valence-corrected chi connectivity index (χ3v) is 7.46. The molecule has 5 aromatic rings. The van der Waals surface area contributed by atoms with E-state index in [2.05, 4.69) is 4.74 Å². The molecule has 46 heavy (non-hydrogen) atoms. The molecular formula is C36H25F9O. The van der Waals surface area contributed by atoms with Gasteiger partial charge in [-0.05, 0) is 83.6 Å². The minimum Gasteiger partial charge on any atom is -0.429 e. The van der Waals surface area contributed by atoms with Crippen molar-refractivity contribution in [3.8, 4) is 39.1 Å². The summed E-state index contributed by atoms with van der Waals surface area (Å²) in [5.74, 6) is -9.54. The number of benzene rings is 5. The summed E-state index contributed by atoms with van der Waals surface area (Å²) in [4.78, 5) is 0. The number of alkyl halides is 2. The number of ether oxygens (including phenoxy) is 1. The van der Waals surface area contributed by atoms with Crippen LogP contribution in [0, 0.1) is 40.7 Å². The van der Waals surface area contributed by atoms with Gasteiger partial charge in [-0.1, -0.05) is 50.1 Å². The van der Waals surface area contributed by atoms with E-state index in [9.17, 15) is 30.7 Å². The van der Waals surface area contributed by atoms with Gasteiger partial charge < -0.3 is 4.74 Å². The second-order valence-electron chi connectivity index (χ2n) is 10.7. The highest BCUT2D eigenvalue weighted by molar-refractivity contribution is 5.72. The fourth-order valence-corrected chi connectivity index (χ4v) is 5.07. The molecule has 10 heteroatoms. The van der Waals surface area contributed by atoms with Gasteiger partial charge in [0, 0.05) is 22.8 Å². The molecule has 0 spiro atoms. The van der Waals surface area contributed by atoms with Crippen molar-refractivity contribution in [1.82, 2.24) is 0 Å². The van der Waals surface area contributed by atoms with Crippen LogP contribution in [-0.4, -0.2) is 0 Å². The van der Waals surface area contributed by atoms with E-state index < -0.39 is 58.1 Å². The quantitative estimate of drug-likeness (QED) is 0.0835. The monoisotopic (exact) mass is 644 g/mol. The van der Waals surface area contributed by atoms with Gasteiger partial charge in [0.05, 0.1) is 5.56 Å². The first-order chi connectivity index (χ1) is 21.9. The molecular weight excluding hydrogens is 619 g/mol. The van der Waals surface area contributed by atoms with Gasteiger partial charge in [-0.3, -0.25) is 0 Å². The second kappa shape index (κ2) is 13.3. The van der Waals surface area contributed by atoms with E-state index in [1.54, 1.807) is 6.07 Å². The molecule has 0 saturated carbocycles. The van der Waals surface area contributed by atoms with Crippen LogP contribution in [0.25, 0.3) is 33.4 Å². The molecule has 0 N–H and O–H groups in total. The topological polar surface area (TPSA) is 9.23 Å². The highest BCUT2D eigenvalue weighted by Gasteiger charge is 2.38. The SMILES string of the molecule is CCCCCc1ccc(-c2ccc(C(F)(F)Oc3ccc(-c4ccc(-c5cc(F)c(F)c(F)c5)c(F)c4)c(F)c3)c(F)c2)c(F)c1. The lowest BCUT2D eigenvalue weighted by molar-refractivity contribution is -0.187. The van der Waals surface area contributed by atoms with E-state index in [1.807, 2.05) is 6.92 Å². The molecule has 0 aliphatic heterocycles. The summed E-state index contributed by atoms with van der Waals surface area (Å²) in [6, 6.07) is 14.1. The van der Waals surface area contributed by atoms with Crippen molar-refractivity contribution in [2.24, 2.45) is 0 Å². The van der Waals surface area contributed by atoms with Crippen LogP contribution in [0.5, 0.6) is 5.75 Å². The lowest BCUT2D eigenvalue weighted by Gasteiger charge is -2.20. The van der Waals surface area contributed by atoms with Crippen molar-refractivity contribution in [3.05, 3.63) is 137 Å². The summed E-state index contributed by atoms with van der Waals surface area (Å²) >= 11 is 0. The minimum absolute atomic E-state index is 0.0352. The lowest BCUT2D eigenvalue weighted by atomic mass is 9.99. The van der Waals surface area contributed by atoms with Gasteiger partial charge in [-0.25, -0.2) is 30.7 Å². The molecule has 5 aromatic carbocycles. The van der Waals surface area contributed by atoms with Crippen LogP contribution >= 0.6 is 0 Å². The van der Waals surface area contributed by atoms with E-state index in [0.29, 0.717) is 24.6 Å². The van der Waals surface area contributed by atoms with Gasteiger partial charge in [0.1, 0.15) is 29.0 Å². The van der Waals surface area contributed by atoms with Crippen molar-refractivity contribution in [1.29, 1.82) is 0 Å². The second-order valence-corrected chi connectivity index (χ2v) is 10.7. The number of rotatable bonds is 10. The van der Waals surface area contributed by atoms with Crippen LogP contribution in [-0.2, 0) is 12.5 Å². The summed E-state index contributed by atoms with van der Waals surface area (Å²) in [7, 11) is 0. The minimum atomic E-state index is -4.26. The summed E-state index contributed by atoms with van der Waals surface area (Å²) in [5.41, 5.74) is -1.19. The fourth-order valence-electron chi connectivity index (χ4n) is 5.07. The van der Waals surface area contributed by atoms with Gasteiger partial charge >= 0.3 is 6.11 Å². The Morgan fingerprint density at radius 1 is 0.522 bits per heavy atom. The third-order valence-electron chi connectivity index (χ3n) is 7.46. The van der Waals surface area contributed by atoms with Crippen molar-refractivity contribution in [3.63, 3.8) is 0 Å². The molecule has 0 radical (unpaired) electrons. The first kappa shape index (κ1) is 32.7. The molecule has 1 nitrogen and oxygen atoms in total. The van der Waals surface area contributed by atoms with Crippen LogP contribution in [0.15, 0.2) is 84.9 Å². The summed E-state index contributed by atoms with van der Waals surface area (Å²) in [6.07, 6.45) is -0.698. The normalized spacial score (nSPS) is 11.6. The average Bonchev–Trinajstić information content (AvgIpc) is 2.99. The zero-order valence-corrected chi connectivity index (χ0v) is 24.2. The Hall–Kier alpha value is -4.73. The first-order valence-electron chi connectivity index (χ1n) is 14.3. The Labute approximate surface area is 258 Å². The predicted molar refractivity (Wildman–Crippen MR) is 157 cm³/mol. The highest BCUT2D eigenvalue weighted by atomic mass is 19.3. The third kappa shape index (κ3) is 6.90. The fraction of sp³-hybridized carbons (Fsp3) is 0.167. The largest absolute Gasteiger partial charge is 0.429 e. The molecule has 5 rings (SSSR count). The molecule has 0 heterocycles.